The van der Waals surface area contributed by atoms with Crippen LogP contribution in [0.4, 0.5) is 4.79 Å². The van der Waals surface area contributed by atoms with Gasteiger partial charge in [0.05, 0.1) is 6.54 Å². The second kappa shape index (κ2) is 8.81. The number of hydrogen-bond acceptors (Lipinski definition) is 2. The van der Waals surface area contributed by atoms with Gasteiger partial charge in [-0.1, -0.05) is 35.3 Å². The molecule has 0 aromatic heterocycles. The van der Waals surface area contributed by atoms with Crippen molar-refractivity contribution in [3.63, 3.8) is 0 Å². The maximum atomic E-state index is 11.7. The van der Waals surface area contributed by atoms with Gasteiger partial charge in [0.1, 0.15) is 12.4 Å². The Morgan fingerprint density at radius 2 is 1.67 bits per heavy atom. The van der Waals surface area contributed by atoms with Crippen LogP contribution in [-0.2, 0) is 6.54 Å². The van der Waals surface area contributed by atoms with Crippen LogP contribution in [0, 0.1) is 13.8 Å². The molecular formula is C18H20Cl2N2O2. The summed E-state index contributed by atoms with van der Waals surface area (Å²) in [6.07, 6.45) is 0. The van der Waals surface area contributed by atoms with Crippen molar-refractivity contribution in [1.82, 2.24) is 10.6 Å². The number of nitrogens with one attached hydrogen (secondary N) is 2. The van der Waals surface area contributed by atoms with E-state index in [0.29, 0.717) is 24.7 Å². The minimum Gasteiger partial charge on any atom is -0.492 e. The third kappa shape index (κ3) is 5.62. The fourth-order valence-electron chi connectivity index (χ4n) is 2.17. The molecule has 2 N–H and O–H groups in total. The molecule has 0 aliphatic heterocycles. The van der Waals surface area contributed by atoms with Gasteiger partial charge < -0.3 is 15.4 Å². The summed E-state index contributed by atoms with van der Waals surface area (Å²) in [5.74, 6) is 0.748. The first-order valence-electron chi connectivity index (χ1n) is 7.61. The second-order valence-electron chi connectivity index (χ2n) is 5.46. The Labute approximate surface area is 152 Å². The van der Waals surface area contributed by atoms with Gasteiger partial charge in [0.2, 0.25) is 0 Å². The molecule has 2 rings (SSSR count). The number of urea groups is 1. The van der Waals surface area contributed by atoms with Crippen LogP contribution in [0.3, 0.4) is 0 Å². The molecule has 0 spiro atoms. The van der Waals surface area contributed by atoms with Crippen molar-refractivity contribution >= 4 is 29.2 Å². The molecule has 4 nitrogen and oxygen atoms in total. The molecule has 0 heterocycles. The van der Waals surface area contributed by atoms with Crippen LogP contribution in [0.25, 0.3) is 0 Å². The molecule has 128 valence electrons. The third-order valence-electron chi connectivity index (χ3n) is 3.43. The smallest absolute Gasteiger partial charge is 0.315 e. The standard InChI is InChI=1S/C18H20Cl2N2O2/c1-12-9-16(10-13(2)17(12)20)24-8-7-21-18(23)22-11-14-3-5-15(19)6-4-14/h3-6,9-10H,7-8,11H2,1-2H3,(H2,21,22,23). The van der Waals surface area contributed by atoms with Crippen molar-refractivity contribution in [2.24, 2.45) is 0 Å². The molecule has 0 aliphatic rings. The number of rotatable bonds is 6. The Morgan fingerprint density at radius 1 is 1.04 bits per heavy atom. The first kappa shape index (κ1) is 18.4. The van der Waals surface area contributed by atoms with Gasteiger partial charge in [-0.25, -0.2) is 4.79 Å². The highest BCUT2D eigenvalue weighted by molar-refractivity contribution is 6.32. The van der Waals surface area contributed by atoms with E-state index in [4.69, 9.17) is 27.9 Å². The molecule has 0 fully saturated rings. The highest BCUT2D eigenvalue weighted by atomic mass is 35.5. The van der Waals surface area contributed by atoms with E-state index in [2.05, 4.69) is 10.6 Å². The fourth-order valence-corrected chi connectivity index (χ4v) is 2.41. The average Bonchev–Trinajstić information content (AvgIpc) is 2.56. The van der Waals surface area contributed by atoms with Gasteiger partial charge in [-0.2, -0.15) is 0 Å². The van der Waals surface area contributed by atoms with Crippen LogP contribution in [0.5, 0.6) is 5.75 Å². The molecule has 0 saturated heterocycles. The van der Waals surface area contributed by atoms with E-state index in [0.717, 1.165) is 27.5 Å². The maximum absolute atomic E-state index is 11.7. The predicted molar refractivity (Wildman–Crippen MR) is 98.1 cm³/mol. The molecule has 0 radical (unpaired) electrons. The minimum atomic E-state index is -0.239. The van der Waals surface area contributed by atoms with Gasteiger partial charge >= 0.3 is 6.03 Å². The van der Waals surface area contributed by atoms with Crippen molar-refractivity contribution in [2.75, 3.05) is 13.2 Å². The number of amides is 2. The van der Waals surface area contributed by atoms with Crippen molar-refractivity contribution in [3.8, 4) is 5.75 Å². The van der Waals surface area contributed by atoms with Gasteiger partial charge in [-0.15, -0.1) is 0 Å². The van der Waals surface area contributed by atoms with E-state index in [1.54, 1.807) is 12.1 Å². The highest BCUT2D eigenvalue weighted by Gasteiger charge is 2.04. The van der Waals surface area contributed by atoms with Gasteiger partial charge in [-0.05, 0) is 54.8 Å². The van der Waals surface area contributed by atoms with E-state index < -0.39 is 0 Å². The lowest BCUT2D eigenvalue weighted by atomic mass is 10.1. The summed E-state index contributed by atoms with van der Waals surface area (Å²) in [7, 11) is 0. The van der Waals surface area contributed by atoms with E-state index in [1.807, 2.05) is 38.1 Å². The molecule has 2 aromatic carbocycles. The summed E-state index contributed by atoms with van der Waals surface area (Å²) in [6, 6.07) is 10.9. The van der Waals surface area contributed by atoms with Crippen LogP contribution in [-0.4, -0.2) is 19.2 Å². The van der Waals surface area contributed by atoms with Gasteiger partial charge in [0, 0.05) is 16.6 Å². The van der Waals surface area contributed by atoms with Gasteiger partial charge in [0.15, 0.2) is 0 Å². The number of carbonyl (C=O) groups excluding carboxylic acids is 1. The van der Waals surface area contributed by atoms with Crippen molar-refractivity contribution in [2.45, 2.75) is 20.4 Å². The molecule has 2 aromatic rings. The Morgan fingerprint density at radius 3 is 2.29 bits per heavy atom. The van der Waals surface area contributed by atoms with Crippen LogP contribution < -0.4 is 15.4 Å². The lowest BCUT2D eigenvalue weighted by Crippen LogP contribution is -2.37. The molecule has 0 saturated carbocycles. The van der Waals surface area contributed by atoms with Gasteiger partial charge in [0.25, 0.3) is 0 Å². The van der Waals surface area contributed by atoms with Crippen molar-refractivity contribution < 1.29 is 9.53 Å². The summed E-state index contributed by atoms with van der Waals surface area (Å²) in [6.45, 7) is 5.11. The topological polar surface area (TPSA) is 50.4 Å². The number of hydrogen-bond donors (Lipinski definition) is 2. The number of benzene rings is 2. The molecule has 0 aliphatic carbocycles. The van der Waals surface area contributed by atoms with Crippen LogP contribution in [0.15, 0.2) is 36.4 Å². The molecule has 24 heavy (non-hydrogen) atoms. The van der Waals surface area contributed by atoms with Crippen LogP contribution in [0.1, 0.15) is 16.7 Å². The Balaban J connectivity index is 1.68. The average molecular weight is 367 g/mol. The zero-order chi connectivity index (χ0) is 17.5. The molecule has 6 heteroatoms. The van der Waals surface area contributed by atoms with Crippen LogP contribution in [0.2, 0.25) is 10.0 Å². The van der Waals surface area contributed by atoms with Gasteiger partial charge in [-0.3, -0.25) is 0 Å². The van der Waals surface area contributed by atoms with E-state index in [-0.39, 0.29) is 6.03 Å². The largest absolute Gasteiger partial charge is 0.492 e. The number of carbonyl (C=O) groups is 1. The quantitative estimate of drug-likeness (QED) is 0.740. The number of halogens is 2. The van der Waals surface area contributed by atoms with Crippen molar-refractivity contribution in [3.05, 3.63) is 63.1 Å². The normalized spacial score (nSPS) is 10.3. The Bertz CT molecular complexity index is 680. The summed E-state index contributed by atoms with van der Waals surface area (Å²) in [5, 5.41) is 6.95. The Hall–Kier alpha value is -1.91. The maximum Gasteiger partial charge on any atom is 0.315 e. The van der Waals surface area contributed by atoms with Crippen molar-refractivity contribution in [1.29, 1.82) is 0 Å². The lowest BCUT2D eigenvalue weighted by molar-refractivity contribution is 0.236. The SMILES string of the molecule is Cc1cc(OCCNC(=O)NCc2ccc(Cl)cc2)cc(C)c1Cl. The summed E-state index contributed by atoms with van der Waals surface area (Å²) >= 11 is 11.9. The minimum absolute atomic E-state index is 0.239. The highest BCUT2D eigenvalue weighted by Crippen LogP contribution is 2.25. The fraction of sp³-hybridized carbons (Fsp3) is 0.278. The van der Waals surface area contributed by atoms with E-state index >= 15 is 0 Å². The van der Waals surface area contributed by atoms with Crippen LogP contribution >= 0.6 is 23.2 Å². The van der Waals surface area contributed by atoms with E-state index in [1.165, 1.54) is 0 Å². The monoisotopic (exact) mass is 366 g/mol. The summed E-state index contributed by atoms with van der Waals surface area (Å²) in [5.41, 5.74) is 2.93. The predicted octanol–water partition coefficient (Wildman–Crippen LogP) is 4.49. The zero-order valence-corrected chi connectivity index (χ0v) is 15.2. The number of ether oxygens (including phenoxy) is 1. The third-order valence-corrected chi connectivity index (χ3v) is 4.28. The molecule has 0 bridgehead atoms. The summed E-state index contributed by atoms with van der Waals surface area (Å²) < 4.78 is 5.63. The number of aryl methyl sites for hydroxylation is 2. The Kier molecular flexibility index (Phi) is 6.76. The molecule has 0 atom stereocenters. The summed E-state index contributed by atoms with van der Waals surface area (Å²) in [4.78, 5) is 11.7. The molecular weight excluding hydrogens is 347 g/mol. The molecule has 0 unspecified atom stereocenters. The second-order valence-corrected chi connectivity index (χ2v) is 6.27. The zero-order valence-electron chi connectivity index (χ0n) is 13.7. The first-order valence-corrected chi connectivity index (χ1v) is 8.37. The first-order chi connectivity index (χ1) is 11.5. The molecule has 2 amide bonds. The lowest BCUT2D eigenvalue weighted by Gasteiger charge is -2.11. The van der Waals surface area contributed by atoms with E-state index in [9.17, 15) is 4.79 Å².